The van der Waals surface area contributed by atoms with Gasteiger partial charge in [-0.05, 0) is 110 Å². The molecule has 1 fully saturated rings. The minimum absolute atomic E-state index is 0.000548. The van der Waals surface area contributed by atoms with Gasteiger partial charge in [0.15, 0.2) is 0 Å². The average molecular weight is 956 g/mol. The Morgan fingerprint density at radius 2 is 1.64 bits per heavy atom. The van der Waals surface area contributed by atoms with Gasteiger partial charge < -0.3 is 49.3 Å². The van der Waals surface area contributed by atoms with Gasteiger partial charge in [-0.25, -0.2) is 4.79 Å². The van der Waals surface area contributed by atoms with E-state index in [2.05, 4.69) is 18.0 Å². The summed E-state index contributed by atoms with van der Waals surface area (Å²) < 4.78 is 25.8. The maximum Gasteiger partial charge on any atom is 0.412 e. The number of hydrogen-bond donors (Lipinski definition) is 4. The van der Waals surface area contributed by atoms with Gasteiger partial charge in [0.1, 0.15) is 24.1 Å². The highest BCUT2D eigenvalue weighted by Crippen LogP contribution is 2.62. The van der Waals surface area contributed by atoms with E-state index in [0.717, 1.165) is 11.1 Å². The zero-order chi connectivity index (χ0) is 49.3. The molecule has 6 rings (SSSR count). The van der Waals surface area contributed by atoms with Crippen molar-refractivity contribution in [1.82, 2.24) is 10.2 Å². The van der Waals surface area contributed by atoms with Gasteiger partial charge in [0, 0.05) is 74.5 Å². The molecule has 0 aromatic heterocycles. The van der Waals surface area contributed by atoms with Crippen LogP contribution in [0.3, 0.4) is 0 Å². The second kappa shape index (κ2) is 25.2. The highest BCUT2D eigenvalue weighted by atomic mass is 16.7. The number of unbranched alkanes of at least 4 members (excludes halogenated alkanes) is 2. The Hall–Kier alpha value is -6.51. The molecule has 1 heterocycles. The Morgan fingerprint density at radius 1 is 0.942 bits per heavy atom. The van der Waals surface area contributed by atoms with E-state index in [4.69, 9.17) is 28.9 Å². The molecule has 0 spiro atoms. The van der Waals surface area contributed by atoms with Crippen molar-refractivity contribution in [3.63, 3.8) is 0 Å². The van der Waals surface area contributed by atoms with Crippen molar-refractivity contribution < 1.29 is 58.5 Å². The zero-order valence-corrected chi connectivity index (χ0v) is 38.7. The fourth-order valence-electron chi connectivity index (χ4n) is 9.62. The number of carbonyl (C=O) groups is 2. The minimum atomic E-state index is -1.66. The summed E-state index contributed by atoms with van der Waals surface area (Å²) in [6, 6.07) is 15.8. The molecule has 370 valence electrons. The molecule has 4 N–H and O–H groups in total. The first kappa shape index (κ1) is 51.9. The van der Waals surface area contributed by atoms with E-state index in [-0.39, 0.29) is 88.2 Å². The molecule has 69 heavy (non-hydrogen) atoms. The first-order valence-electron chi connectivity index (χ1n) is 23.3. The molecule has 0 unspecified atom stereocenters. The predicted octanol–water partition coefficient (Wildman–Crippen LogP) is 7.00. The van der Waals surface area contributed by atoms with E-state index < -0.39 is 45.5 Å². The second-order valence-corrected chi connectivity index (χ2v) is 16.9. The van der Waals surface area contributed by atoms with Gasteiger partial charge in [0.25, 0.3) is 11.4 Å². The van der Waals surface area contributed by atoms with Crippen molar-refractivity contribution in [3.05, 3.63) is 134 Å². The number of hydrogen-bond acceptors (Lipinski definition) is 15. The molecule has 19 nitrogen and oxygen atoms in total. The van der Waals surface area contributed by atoms with Crippen LogP contribution in [0.25, 0.3) is 6.08 Å². The van der Waals surface area contributed by atoms with Gasteiger partial charge >= 0.3 is 6.09 Å². The monoisotopic (exact) mass is 955 g/mol. The number of ether oxygens (including phenoxy) is 4. The van der Waals surface area contributed by atoms with Crippen LogP contribution in [-0.4, -0.2) is 112 Å². The number of nitrogens with one attached hydrogen (secondary N) is 1. The van der Waals surface area contributed by atoms with Gasteiger partial charge in [-0.1, -0.05) is 30.1 Å². The molecular weight excluding hydrogens is 895 g/mol. The summed E-state index contributed by atoms with van der Waals surface area (Å²) in [5.74, 6) is -2.86. The van der Waals surface area contributed by atoms with Crippen LogP contribution in [-0.2, 0) is 25.7 Å². The molecule has 1 aliphatic heterocycles. The fraction of sp³-hybridized carbons (Fsp3) is 0.460. The Balaban J connectivity index is 1.57. The number of carbonyl (C=O) groups excluding carboxylic acids is 2. The van der Waals surface area contributed by atoms with E-state index in [1.165, 1.54) is 42.5 Å². The highest BCUT2D eigenvalue weighted by molar-refractivity contribution is 6.03. The zero-order valence-electron chi connectivity index (χ0n) is 38.7. The summed E-state index contributed by atoms with van der Waals surface area (Å²) in [6.07, 6.45) is 9.86. The van der Waals surface area contributed by atoms with Crippen molar-refractivity contribution in [2.45, 2.75) is 76.2 Å². The largest absolute Gasteiger partial charge is 0.459 e. The van der Waals surface area contributed by atoms with E-state index in [9.17, 15) is 45.1 Å². The van der Waals surface area contributed by atoms with Crippen molar-refractivity contribution in [1.29, 1.82) is 0 Å². The number of nitro benzene ring substituents is 2. The Bertz CT molecular complexity index is 2340. The number of amides is 2. The van der Waals surface area contributed by atoms with Crippen LogP contribution in [0.2, 0.25) is 0 Å². The number of fused-ring (bicyclic) bond motifs is 2. The second-order valence-electron chi connectivity index (χ2n) is 16.9. The minimum Gasteiger partial charge on any atom is -0.459 e. The third-order valence-corrected chi connectivity index (χ3v) is 12.6. The molecule has 2 aliphatic carbocycles. The van der Waals surface area contributed by atoms with E-state index in [0.29, 0.717) is 67.7 Å². The van der Waals surface area contributed by atoms with Crippen LogP contribution in [0.4, 0.5) is 16.2 Å². The Labute approximate surface area is 400 Å². The quantitative estimate of drug-likeness (QED) is 0.0208. The van der Waals surface area contributed by atoms with Gasteiger partial charge in [-0.15, -0.1) is 6.58 Å². The molecular formula is C50H61N5O14. The third kappa shape index (κ3) is 12.8. The number of non-ortho nitro benzene ring substituents is 2. The molecule has 2 amide bonds. The first-order chi connectivity index (χ1) is 33.5. The standard InChI is InChI=1S/C50H61N5O14/c1-3-27-66-50-45(53(23-28-65-29-26-58)46(59)22-15-34-11-16-37(17-12-34)54(61)62)32-43(52-67-33-35-13-18-38(19-14-35)55(63)64)41-30-36(9-5-7-24-56)40(10-6-8-25-57)47(48(41)50)42-31-39(20-21-44(42)69-50)68-49(60)51-4-2/h3,11-22,30-31,36,40,45,47-48,56-58H,1,4-10,23-29,32-33H2,2H3,(H,51,60)/t36-,40+,45-,47+,48+,50+/m0/s1. The number of rotatable bonds is 26. The molecule has 3 aromatic rings. The summed E-state index contributed by atoms with van der Waals surface area (Å²) in [5.41, 5.74) is 2.89. The van der Waals surface area contributed by atoms with E-state index >= 15 is 0 Å². The molecule has 3 aliphatic rings. The Morgan fingerprint density at radius 3 is 2.29 bits per heavy atom. The van der Waals surface area contributed by atoms with Crippen LogP contribution in [0.15, 0.2) is 102 Å². The lowest BCUT2D eigenvalue weighted by atomic mass is 9.55. The first-order valence-corrected chi connectivity index (χ1v) is 23.3. The smallest absolute Gasteiger partial charge is 0.412 e. The molecule has 0 radical (unpaired) electrons. The SMILES string of the molecule is C=CCO[C@@]12Oc3ccc(OC(=O)NCC)cc3[C@H]3[C@H](CCCCO)[C@@H](CCCCO)C=C(C(=NOCc4ccc([N+](=O)[O-])cc4)C[C@@H]1N(CCOCCO)C(=O)C=Cc1ccc([N+](=O)[O-])cc1)[C@H]32. The van der Waals surface area contributed by atoms with Crippen LogP contribution < -0.4 is 14.8 Å². The number of aliphatic hydroxyl groups is 3. The summed E-state index contributed by atoms with van der Waals surface area (Å²) in [4.78, 5) is 57.2. The van der Waals surface area contributed by atoms with E-state index in [1.807, 2.05) is 0 Å². The van der Waals surface area contributed by atoms with Crippen LogP contribution in [0, 0.1) is 38.0 Å². The number of aliphatic hydroxyl groups excluding tert-OH is 3. The van der Waals surface area contributed by atoms with Crippen molar-refractivity contribution in [3.8, 4) is 11.5 Å². The molecule has 19 heteroatoms. The summed E-state index contributed by atoms with van der Waals surface area (Å²) in [6.45, 7) is 5.76. The normalized spacial score (nSPS) is 21.9. The molecule has 6 atom stereocenters. The maximum absolute atomic E-state index is 14.9. The molecule has 3 aromatic carbocycles. The predicted molar refractivity (Wildman–Crippen MR) is 254 cm³/mol. The van der Waals surface area contributed by atoms with Gasteiger partial charge in [0.05, 0.1) is 47.9 Å². The van der Waals surface area contributed by atoms with Gasteiger partial charge in [-0.2, -0.15) is 0 Å². The van der Waals surface area contributed by atoms with Gasteiger partial charge in [0.2, 0.25) is 11.7 Å². The van der Waals surface area contributed by atoms with Crippen LogP contribution >= 0.6 is 0 Å². The van der Waals surface area contributed by atoms with Crippen molar-refractivity contribution in [2.24, 2.45) is 22.9 Å². The number of benzene rings is 3. The lowest BCUT2D eigenvalue weighted by molar-refractivity contribution is -0.385. The topological polar surface area (TPSA) is 255 Å². The number of nitro groups is 2. The number of allylic oxidation sites excluding steroid dienone is 1. The highest BCUT2D eigenvalue weighted by Gasteiger charge is 2.65. The lowest BCUT2D eigenvalue weighted by Crippen LogP contribution is -2.70. The third-order valence-electron chi connectivity index (χ3n) is 12.6. The van der Waals surface area contributed by atoms with Crippen molar-refractivity contribution >= 4 is 35.2 Å². The van der Waals surface area contributed by atoms with Crippen LogP contribution in [0.5, 0.6) is 11.5 Å². The summed E-state index contributed by atoms with van der Waals surface area (Å²) >= 11 is 0. The average Bonchev–Trinajstić information content (AvgIpc) is 3.34. The van der Waals surface area contributed by atoms with E-state index in [1.54, 1.807) is 54.3 Å². The summed E-state index contributed by atoms with van der Waals surface area (Å²) in [7, 11) is 0. The fourth-order valence-corrected chi connectivity index (χ4v) is 9.62. The lowest BCUT2D eigenvalue weighted by Gasteiger charge is -2.60. The summed E-state index contributed by atoms with van der Waals surface area (Å²) in [5, 5.41) is 59.8. The Kier molecular flexibility index (Phi) is 18.9. The molecule has 0 bridgehead atoms. The molecule has 1 saturated carbocycles. The molecule has 0 saturated heterocycles. The maximum atomic E-state index is 14.9. The number of oxime groups is 1. The number of nitrogens with zero attached hydrogens (tertiary/aromatic N) is 4. The van der Waals surface area contributed by atoms with Crippen molar-refractivity contribution in [2.75, 3.05) is 52.7 Å². The van der Waals surface area contributed by atoms with Crippen LogP contribution in [0.1, 0.15) is 74.5 Å². The van der Waals surface area contributed by atoms with Gasteiger partial charge in [-0.3, -0.25) is 25.0 Å².